The molecule has 0 radical (unpaired) electrons. The summed E-state index contributed by atoms with van der Waals surface area (Å²) < 4.78 is 5.59. The van der Waals surface area contributed by atoms with Crippen molar-refractivity contribution in [1.82, 2.24) is 0 Å². The number of carbonyl (C=O) groups is 1. The van der Waals surface area contributed by atoms with Crippen LogP contribution in [-0.2, 0) is 16.1 Å². The van der Waals surface area contributed by atoms with Gasteiger partial charge in [0, 0.05) is 23.7 Å². The Morgan fingerprint density at radius 3 is 2.96 bits per heavy atom. The lowest BCUT2D eigenvalue weighted by Crippen LogP contribution is -2.40. The Balaban J connectivity index is 1.58. The molecule has 0 bridgehead atoms. The molecule has 1 aromatic carbocycles. The number of fused-ring (bicyclic) bond motifs is 1. The zero-order valence-corrected chi connectivity index (χ0v) is 14.2. The number of hydrogen-bond donors (Lipinski definition) is 2. The maximum Gasteiger partial charge on any atom is 0.225 e. The normalized spacial score (nSPS) is 18.2. The number of aliphatic hydroxyl groups is 1. The molecule has 3 N–H and O–H groups in total. The third-order valence-corrected chi connectivity index (χ3v) is 5.10. The molecular weight excluding hydrogens is 324 g/mol. The van der Waals surface area contributed by atoms with Crippen LogP contribution < -0.4 is 10.6 Å². The minimum Gasteiger partial charge on any atom is -0.389 e. The number of primary amides is 1. The molecule has 1 amide bonds. The first-order chi connectivity index (χ1) is 11.6. The number of thiophene rings is 1. The van der Waals surface area contributed by atoms with E-state index in [0.717, 1.165) is 16.1 Å². The predicted octanol–water partition coefficient (Wildman–Crippen LogP) is 2.10. The van der Waals surface area contributed by atoms with Crippen molar-refractivity contribution in [2.24, 2.45) is 5.73 Å². The average Bonchev–Trinajstić information content (AvgIpc) is 3.08. The predicted molar refractivity (Wildman–Crippen MR) is 95.2 cm³/mol. The highest BCUT2D eigenvalue weighted by Crippen LogP contribution is 2.34. The number of nitrogens with zero attached hydrogens (tertiary/aromatic N) is 1. The molecule has 5 nitrogen and oxygen atoms in total. The molecule has 2 unspecified atom stereocenters. The molecule has 0 aliphatic carbocycles. The number of benzene rings is 1. The van der Waals surface area contributed by atoms with E-state index in [-0.39, 0.29) is 18.4 Å². The summed E-state index contributed by atoms with van der Waals surface area (Å²) in [6.45, 7) is 1.99. The van der Waals surface area contributed by atoms with Crippen molar-refractivity contribution in [3.63, 3.8) is 0 Å². The van der Waals surface area contributed by atoms with Gasteiger partial charge in [0.05, 0.1) is 25.2 Å². The first kappa shape index (κ1) is 17.0. The second-order valence-corrected chi connectivity index (χ2v) is 7.03. The van der Waals surface area contributed by atoms with Gasteiger partial charge in [-0.15, -0.1) is 11.3 Å². The number of hydrogen-bond acceptors (Lipinski definition) is 5. The maximum atomic E-state index is 11.6. The molecule has 3 rings (SSSR count). The molecule has 1 aliphatic heterocycles. The lowest BCUT2D eigenvalue weighted by Gasteiger charge is -2.35. The highest BCUT2D eigenvalue weighted by atomic mass is 32.1. The van der Waals surface area contributed by atoms with Gasteiger partial charge in [0.25, 0.3) is 0 Å². The van der Waals surface area contributed by atoms with Gasteiger partial charge in [-0.05, 0) is 29.5 Å². The summed E-state index contributed by atoms with van der Waals surface area (Å²) in [5.74, 6) is -0.536. The minimum atomic E-state index is -0.580. The quantitative estimate of drug-likeness (QED) is 0.805. The molecule has 1 aromatic heterocycles. The van der Waals surface area contributed by atoms with Gasteiger partial charge < -0.3 is 20.5 Å². The second-order valence-electron chi connectivity index (χ2n) is 6.00. The monoisotopic (exact) mass is 346 g/mol. The van der Waals surface area contributed by atoms with Crippen LogP contribution in [0.4, 0.5) is 5.69 Å². The van der Waals surface area contributed by atoms with E-state index in [4.69, 9.17) is 10.5 Å². The summed E-state index contributed by atoms with van der Waals surface area (Å²) in [6, 6.07) is 11.8. The van der Waals surface area contributed by atoms with Gasteiger partial charge in [0.2, 0.25) is 5.91 Å². The smallest absolute Gasteiger partial charge is 0.225 e. The molecule has 6 heteroatoms. The molecule has 128 valence electrons. The van der Waals surface area contributed by atoms with Gasteiger partial charge in [-0.3, -0.25) is 4.79 Å². The number of β-amino-alcohol motifs (C(OH)–C–C–N with tert-alkyl or cyclic N) is 1. The number of rotatable bonds is 7. The Labute approximate surface area is 145 Å². The number of nitrogens with two attached hydrogens (primary N) is 1. The van der Waals surface area contributed by atoms with Crippen molar-refractivity contribution in [2.45, 2.75) is 25.0 Å². The van der Waals surface area contributed by atoms with Crippen molar-refractivity contribution in [2.75, 3.05) is 24.6 Å². The first-order valence-corrected chi connectivity index (χ1v) is 8.94. The standard InChI is InChI=1S/C18H22N2O3S/c19-18(22)16-7-8-20(17-6-2-1-5-15(16)17)10-13(21)11-23-12-14-4-3-9-24-14/h1-6,9,13,16,21H,7-8,10-12H2,(H2,19,22). The molecule has 0 spiro atoms. The molecule has 24 heavy (non-hydrogen) atoms. The number of carbonyl (C=O) groups excluding carboxylic acids is 1. The van der Waals surface area contributed by atoms with Crippen LogP contribution in [0.1, 0.15) is 22.8 Å². The zero-order valence-electron chi connectivity index (χ0n) is 13.4. The molecule has 2 aromatic rings. The lowest BCUT2D eigenvalue weighted by atomic mass is 9.89. The van der Waals surface area contributed by atoms with Crippen LogP contribution in [0.15, 0.2) is 41.8 Å². The molecular formula is C18H22N2O3S. The highest BCUT2D eigenvalue weighted by molar-refractivity contribution is 7.09. The molecule has 1 aliphatic rings. The molecule has 2 heterocycles. The van der Waals surface area contributed by atoms with Gasteiger partial charge in [-0.1, -0.05) is 24.3 Å². The molecule has 0 saturated heterocycles. The van der Waals surface area contributed by atoms with Gasteiger partial charge in [0.15, 0.2) is 0 Å². The van der Waals surface area contributed by atoms with Crippen LogP contribution in [0.5, 0.6) is 0 Å². The van der Waals surface area contributed by atoms with Crippen LogP contribution in [-0.4, -0.2) is 36.8 Å². The Morgan fingerprint density at radius 2 is 2.21 bits per heavy atom. The summed E-state index contributed by atoms with van der Waals surface area (Å²) in [5, 5.41) is 12.3. The van der Waals surface area contributed by atoms with Crippen molar-refractivity contribution < 1.29 is 14.6 Å². The largest absolute Gasteiger partial charge is 0.389 e. The van der Waals surface area contributed by atoms with Crippen LogP contribution in [0.2, 0.25) is 0 Å². The van der Waals surface area contributed by atoms with Gasteiger partial charge in [-0.25, -0.2) is 0 Å². The molecule has 2 atom stereocenters. The van der Waals surface area contributed by atoms with E-state index >= 15 is 0 Å². The highest BCUT2D eigenvalue weighted by Gasteiger charge is 2.29. The van der Waals surface area contributed by atoms with E-state index in [1.807, 2.05) is 41.8 Å². The van der Waals surface area contributed by atoms with E-state index < -0.39 is 6.10 Å². The van der Waals surface area contributed by atoms with E-state index in [9.17, 15) is 9.90 Å². The fourth-order valence-corrected chi connectivity index (χ4v) is 3.75. The SMILES string of the molecule is NC(=O)C1CCN(CC(O)COCc2cccs2)c2ccccc21. The van der Waals surface area contributed by atoms with Crippen molar-refractivity contribution >= 4 is 22.9 Å². The second kappa shape index (κ2) is 7.79. The van der Waals surface area contributed by atoms with Crippen molar-refractivity contribution in [3.8, 4) is 0 Å². The number of aliphatic hydroxyl groups excluding tert-OH is 1. The zero-order chi connectivity index (χ0) is 16.9. The van der Waals surface area contributed by atoms with E-state index in [1.165, 1.54) is 0 Å². The number of anilines is 1. The fraction of sp³-hybridized carbons (Fsp3) is 0.389. The third-order valence-electron chi connectivity index (χ3n) is 4.25. The van der Waals surface area contributed by atoms with E-state index in [1.54, 1.807) is 11.3 Å². The molecule has 0 saturated carbocycles. The molecule has 0 fully saturated rings. The van der Waals surface area contributed by atoms with Gasteiger partial charge in [-0.2, -0.15) is 0 Å². The van der Waals surface area contributed by atoms with Crippen molar-refractivity contribution in [3.05, 3.63) is 52.2 Å². The topological polar surface area (TPSA) is 75.8 Å². The number of amides is 1. The average molecular weight is 346 g/mol. The lowest BCUT2D eigenvalue weighted by molar-refractivity contribution is -0.119. The van der Waals surface area contributed by atoms with Crippen LogP contribution in [0.3, 0.4) is 0 Å². The summed E-state index contributed by atoms with van der Waals surface area (Å²) in [5.41, 5.74) is 7.44. The fourth-order valence-electron chi connectivity index (χ4n) is 3.11. The Bertz CT molecular complexity index is 675. The number of para-hydroxylation sites is 1. The maximum absolute atomic E-state index is 11.6. The Hall–Kier alpha value is -1.89. The third kappa shape index (κ3) is 3.95. The van der Waals surface area contributed by atoms with Crippen LogP contribution >= 0.6 is 11.3 Å². The summed E-state index contributed by atoms with van der Waals surface area (Å²) in [7, 11) is 0. The first-order valence-electron chi connectivity index (χ1n) is 8.06. The van der Waals surface area contributed by atoms with E-state index in [0.29, 0.717) is 26.1 Å². The van der Waals surface area contributed by atoms with Crippen LogP contribution in [0.25, 0.3) is 0 Å². The Kier molecular flexibility index (Phi) is 5.50. The van der Waals surface area contributed by atoms with Crippen molar-refractivity contribution in [1.29, 1.82) is 0 Å². The minimum absolute atomic E-state index is 0.246. The van der Waals surface area contributed by atoms with Gasteiger partial charge >= 0.3 is 0 Å². The number of ether oxygens (including phenoxy) is 1. The summed E-state index contributed by atoms with van der Waals surface area (Å²) in [6.07, 6.45) is 0.0953. The summed E-state index contributed by atoms with van der Waals surface area (Å²) >= 11 is 1.64. The van der Waals surface area contributed by atoms with E-state index in [2.05, 4.69) is 4.90 Å². The van der Waals surface area contributed by atoms with Crippen LogP contribution in [0, 0.1) is 0 Å². The van der Waals surface area contributed by atoms with Gasteiger partial charge in [0.1, 0.15) is 0 Å². The Morgan fingerprint density at radius 1 is 1.38 bits per heavy atom. The summed E-state index contributed by atoms with van der Waals surface area (Å²) in [4.78, 5) is 14.9.